The number of likely N-dealkylation sites (N-methyl/N-ethyl adjacent to an activating group) is 1. The van der Waals surface area contributed by atoms with Crippen molar-refractivity contribution < 1.29 is 24.6 Å². The molecule has 0 aromatic heterocycles. The first-order valence-corrected chi connectivity index (χ1v) is 17.1. The summed E-state index contributed by atoms with van der Waals surface area (Å²) in [6.45, 7) is 6.14. The van der Waals surface area contributed by atoms with E-state index < -0.39 is 24.2 Å². The predicted molar refractivity (Wildman–Crippen MR) is 166 cm³/mol. The van der Waals surface area contributed by atoms with Gasteiger partial charge >= 0.3 is 0 Å². The van der Waals surface area contributed by atoms with Gasteiger partial charge in [-0.05, 0) is 62.7 Å². The minimum Gasteiger partial charge on any atom is -0.390 e. The zero-order chi connectivity index (χ0) is 30.8. The smallest absolute Gasteiger partial charge is 0.241 e. The summed E-state index contributed by atoms with van der Waals surface area (Å²) in [4.78, 5) is 43.9. The number of amides is 3. The van der Waals surface area contributed by atoms with Gasteiger partial charge in [0.2, 0.25) is 17.7 Å². The fourth-order valence-electron chi connectivity index (χ4n) is 7.24. The molecular weight excluding hydrogens is 530 g/mol. The molecule has 3 aliphatic rings. The van der Waals surface area contributed by atoms with Crippen LogP contribution in [0.25, 0.3) is 0 Å². The van der Waals surface area contributed by atoms with Gasteiger partial charge in [0.05, 0.1) is 18.7 Å². The maximum absolute atomic E-state index is 14.0. The first kappa shape index (κ1) is 34.8. The van der Waals surface area contributed by atoms with Gasteiger partial charge in [0, 0.05) is 32.5 Å². The molecule has 8 heteroatoms. The molecule has 0 aromatic carbocycles. The second kappa shape index (κ2) is 17.0. The minimum atomic E-state index is -1.05. The van der Waals surface area contributed by atoms with E-state index in [0.717, 1.165) is 64.2 Å². The average molecular weight is 592 g/mol. The van der Waals surface area contributed by atoms with Crippen LogP contribution in [0, 0.1) is 29.6 Å². The van der Waals surface area contributed by atoms with Gasteiger partial charge < -0.3 is 25.3 Å². The third-order valence-electron chi connectivity index (χ3n) is 10.2. The molecule has 8 nitrogen and oxygen atoms in total. The van der Waals surface area contributed by atoms with Crippen molar-refractivity contribution in [3.63, 3.8) is 0 Å². The zero-order valence-electron chi connectivity index (χ0n) is 27.2. The predicted octanol–water partition coefficient (Wildman–Crippen LogP) is 4.90. The molecule has 0 radical (unpaired) electrons. The molecule has 3 fully saturated rings. The Morgan fingerprint density at radius 2 is 1.36 bits per heavy atom. The summed E-state index contributed by atoms with van der Waals surface area (Å²) >= 11 is 0. The van der Waals surface area contributed by atoms with Crippen molar-refractivity contribution >= 4 is 17.7 Å². The van der Waals surface area contributed by atoms with Crippen LogP contribution in [0.15, 0.2) is 0 Å². The fourth-order valence-corrected chi connectivity index (χ4v) is 7.24. The molecule has 0 unspecified atom stereocenters. The van der Waals surface area contributed by atoms with Crippen molar-refractivity contribution in [1.29, 1.82) is 0 Å². The molecule has 0 bridgehead atoms. The second-order valence-corrected chi connectivity index (χ2v) is 14.6. The summed E-state index contributed by atoms with van der Waals surface area (Å²) < 4.78 is 0. The van der Waals surface area contributed by atoms with E-state index >= 15 is 0 Å². The lowest BCUT2D eigenvalue weighted by Gasteiger charge is -2.37. The maximum atomic E-state index is 14.0. The Balaban J connectivity index is 1.76. The molecule has 3 aliphatic carbocycles. The van der Waals surface area contributed by atoms with Gasteiger partial charge in [-0.25, -0.2) is 0 Å². The molecule has 3 saturated carbocycles. The molecule has 0 heterocycles. The van der Waals surface area contributed by atoms with Crippen molar-refractivity contribution in [2.45, 2.75) is 148 Å². The standard InChI is InChI=1S/C34H61N3O5/c1-23(2)18-30(38)33(41)29(20-25-12-8-6-9-13-25)35-34(42)28(19-26-16-17-26)21-31(39)37(22-32(40)36(4)5)24(3)27-14-10-7-11-15-27/h23-30,33,38,41H,6-22H2,1-5H3,(H,35,42)/t24-,28+,29-,30-,33+/m0/s1. The number of nitrogens with one attached hydrogen (secondary N) is 1. The Bertz CT molecular complexity index is 848. The van der Waals surface area contributed by atoms with E-state index in [2.05, 4.69) is 12.2 Å². The van der Waals surface area contributed by atoms with E-state index in [4.69, 9.17) is 0 Å². The fraction of sp³-hybridized carbons (Fsp3) is 0.912. The van der Waals surface area contributed by atoms with Gasteiger partial charge in [-0.1, -0.05) is 78.1 Å². The van der Waals surface area contributed by atoms with Gasteiger partial charge in [-0.2, -0.15) is 0 Å². The van der Waals surface area contributed by atoms with Crippen LogP contribution in [0.3, 0.4) is 0 Å². The summed E-state index contributed by atoms with van der Waals surface area (Å²) in [5.41, 5.74) is 0. The molecule has 42 heavy (non-hydrogen) atoms. The number of rotatable bonds is 16. The summed E-state index contributed by atoms with van der Waals surface area (Å²) in [6, 6.07) is -0.600. The highest BCUT2D eigenvalue weighted by Crippen LogP contribution is 2.37. The van der Waals surface area contributed by atoms with Crippen LogP contribution in [0.5, 0.6) is 0 Å². The molecule has 0 spiro atoms. The lowest BCUT2D eigenvalue weighted by Crippen LogP contribution is -2.52. The average Bonchev–Trinajstić information content (AvgIpc) is 3.79. The van der Waals surface area contributed by atoms with E-state index in [1.807, 2.05) is 13.8 Å². The molecule has 0 aliphatic heterocycles. The Labute approximate surface area is 255 Å². The van der Waals surface area contributed by atoms with Gasteiger partial charge in [-0.3, -0.25) is 14.4 Å². The zero-order valence-corrected chi connectivity index (χ0v) is 27.2. The summed E-state index contributed by atoms with van der Waals surface area (Å²) in [7, 11) is 3.43. The third-order valence-corrected chi connectivity index (χ3v) is 10.2. The highest BCUT2D eigenvalue weighted by molar-refractivity contribution is 5.89. The Kier molecular flexibility index (Phi) is 14.1. The summed E-state index contributed by atoms with van der Waals surface area (Å²) in [5, 5.41) is 25.2. The van der Waals surface area contributed by atoms with Crippen molar-refractivity contribution in [3.05, 3.63) is 0 Å². The normalized spacial score (nSPS) is 22.2. The first-order chi connectivity index (χ1) is 20.0. The Morgan fingerprint density at radius 3 is 1.90 bits per heavy atom. The van der Waals surface area contributed by atoms with E-state index in [1.165, 1.54) is 17.7 Å². The molecule has 3 amide bonds. The Hall–Kier alpha value is -1.67. The number of hydrogen-bond acceptors (Lipinski definition) is 5. The van der Waals surface area contributed by atoms with E-state index in [-0.39, 0.29) is 42.6 Å². The lowest BCUT2D eigenvalue weighted by molar-refractivity contribution is -0.144. The lowest BCUT2D eigenvalue weighted by atomic mass is 9.82. The van der Waals surface area contributed by atoms with Gasteiger partial charge in [0.25, 0.3) is 0 Å². The number of nitrogens with zero attached hydrogens (tertiary/aromatic N) is 2. The second-order valence-electron chi connectivity index (χ2n) is 14.6. The van der Waals surface area contributed by atoms with Crippen molar-refractivity contribution in [3.8, 4) is 0 Å². The van der Waals surface area contributed by atoms with Crippen LogP contribution in [-0.2, 0) is 14.4 Å². The van der Waals surface area contributed by atoms with Crippen LogP contribution < -0.4 is 5.32 Å². The highest BCUT2D eigenvalue weighted by atomic mass is 16.3. The molecule has 3 N–H and O–H groups in total. The minimum absolute atomic E-state index is 0.0334. The quantitative estimate of drug-likeness (QED) is 0.237. The SMILES string of the molecule is CC(C)C[C@H](O)[C@H](O)[C@H](CC1CCCCC1)NC(=O)[C@@H](CC(=O)N(CC(=O)N(C)C)[C@@H](C)C1CCCCC1)CC1CC1. The van der Waals surface area contributed by atoms with Gasteiger partial charge in [0.1, 0.15) is 6.10 Å². The Morgan fingerprint density at radius 1 is 0.786 bits per heavy atom. The highest BCUT2D eigenvalue weighted by Gasteiger charge is 2.38. The molecule has 3 rings (SSSR count). The first-order valence-electron chi connectivity index (χ1n) is 17.1. The summed E-state index contributed by atoms with van der Waals surface area (Å²) in [6.07, 6.45) is 13.4. The number of aliphatic hydroxyl groups is 2. The van der Waals surface area contributed by atoms with Crippen molar-refractivity contribution in [1.82, 2.24) is 15.1 Å². The largest absolute Gasteiger partial charge is 0.390 e. The topological polar surface area (TPSA) is 110 Å². The van der Waals surface area contributed by atoms with Crippen LogP contribution >= 0.6 is 0 Å². The van der Waals surface area contributed by atoms with Gasteiger partial charge in [0.15, 0.2) is 0 Å². The van der Waals surface area contributed by atoms with E-state index in [9.17, 15) is 24.6 Å². The number of carbonyl (C=O) groups is 3. The molecular formula is C34H61N3O5. The van der Waals surface area contributed by atoms with Crippen LogP contribution in [0.4, 0.5) is 0 Å². The molecule has 0 saturated heterocycles. The number of carbonyl (C=O) groups excluding carboxylic acids is 3. The van der Waals surface area contributed by atoms with Crippen LogP contribution in [-0.4, -0.2) is 82.7 Å². The summed E-state index contributed by atoms with van der Waals surface area (Å²) in [5.74, 6) is 0.498. The number of hydrogen-bond donors (Lipinski definition) is 3. The van der Waals surface area contributed by atoms with E-state index in [0.29, 0.717) is 37.0 Å². The van der Waals surface area contributed by atoms with Crippen molar-refractivity contribution in [2.75, 3.05) is 20.6 Å². The third kappa shape index (κ3) is 11.1. The van der Waals surface area contributed by atoms with Crippen LogP contribution in [0.2, 0.25) is 0 Å². The van der Waals surface area contributed by atoms with Crippen molar-refractivity contribution in [2.24, 2.45) is 29.6 Å². The maximum Gasteiger partial charge on any atom is 0.241 e. The van der Waals surface area contributed by atoms with E-state index in [1.54, 1.807) is 19.0 Å². The monoisotopic (exact) mass is 591 g/mol. The number of aliphatic hydroxyl groups excluding tert-OH is 2. The van der Waals surface area contributed by atoms with Crippen LogP contribution in [0.1, 0.15) is 124 Å². The molecule has 242 valence electrons. The van der Waals surface area contributed by atoms with Gasteiger partial charge in [-0.15, -0.1) is 0 Å². The molecule has 5 atom stereocenters. The molecule has 0 aromatic rings.